The summed E-state index contributed by atoms with van der Waals surface area (Å²) in [6, 6.07) is 4.61. The molecule has 1 saturated carbocycles. The van der Waals surface area contributed by atoms with E-state index in [0.717, 1.165) is 0 Å². The van der Waals surface area contributed by atoms with Gasteiger partial charge in [0.2, 0.25) is 5.69 Å². The molecule has 0 bridgehead atoms. The minimum absolute atomic E-state index is 0. The van der Waals surface area contributed by atoms with Crippen LogP contribution in [-0.4, -0.2) is 27.6 Å². The van der Waals surface area contributed by atoms with E-state index in [1.165, 1.54) is 86.6 Å². The number of rotatable bonds is 4. The molecule has 0 heterocycles. The third-order valence-corrected chi connectivity index (χ3v) is 8.78. The molecule has 0 amide bonds. The first-order valence-electron chi connectivity index (χ1n) is 13.1. The molecule has 214 valence electrons. The van der Waals surface area contributed by atoms with E-state index >= 15 is 0 Å². The molecule has 38 heavy (non-hydrogen) atoms. The topological polar surface area (TPSA) is 6.02 Å². The van der Waals surface area contributed by atoms with E-state index < -0.39 is 0 Å². The van der Waals surface area contributed by atoms with Gasteiger partial charge in [-0.1, -0.05) is 48.4 Å². The van der Waals surface area contributed by atoms with Crippen molar-refractivity contribution in [2.75, 3.05) is 7.05 Å². The van der Waals surface area contributed by atoms with Gasteiger partial charge in [-0.2, -0.15) is 0 Å². The van der Waals surface area contributed by atoms with Crippen LogP contribution >= 0.6 is 20.2 Å². The second-order valence-electron chi connectivity index (χ2n) is 10.9. The molecule has 0 spiro atoms. The standard InChI is InChI=1S/C32H46N2.CH3.2ClH.Fe/c1-19-16-20(2)24(6)31(23(19)5)33(11)27(9)29-14-13-15-30(18-29)28(10)34(12)32-25(7)21(3)17-22(4)26(32)8;;;;/h16-18,29-30H,11,13-15H2,1-10,12H3;1H3;2*1H;/q;-1;;;+2/p-2. The number of benzene rings is 2. The fourth-order valence-corrected chi connectivity index (χ4v) is 5.83. The van der Waals surface area contributed by atoms with E-state index in [2.05, 4.69) is 111 Å². The summed E-state index contributed by atoms with van der Waals surface area (Å²) >= 11 is 0.194. The van der Waals surface area contributed by atoms with Gasteiger partial charge < -0.3 is 18.4 Å². The van der Waals surface area contributed by atoms with Gasteiger partial charge in [-0.05, 0) is 84.6 Å². The van der Waals surface area contributed by atoms with Gasteiger partial charge in [0.05, 0.1) is 0 Å². The number of hydrogen-bond donors (Lipinski definition) is 0. The summed E-state index contributed by atoms with van der Waals surface area (Å²) in [4.78, 5) is 0. The Morgan fingerprint density at radius 3 is 1.50 bits per heavy atom. The zero-order chi connectivity index (χ0) is 28.2. The molecule has 2 nitrogen and oxygen atoms in total. The zero-order valence-electron chi connectivity index (χ0n) is 25.7. The Labute approximate surface area is 249 Å². The van der Waals surface area contributed by atoms with E-state index in [1.807, 2.05) is 0 Å². The molecular formula is C33H49Cl2FeN2-. The van der Waals surface area contributed by atoms with Crippen LogP contribution in [0.4, 0.5) is 11.4 Å². The molecule has 0 N–H and O–H groups in total. The molecule has 0 aliphatic heterocycles. The summed E-state index contributed by atoms with van der Waals surface area (Å²) in [5.74, 6) is 0.925. The molecule has 5 heteroatoms. The first-order valence-corrected chi connectivity index (χ1v) is 16.2. The molecule has 2 atom stereocenters. The van der Waals surface area contributed by atoms with Crippen molar-refractivity contribution >= 4 is 43.0 Å². The Kier molecular flexibility index (Phi) is 13.7. The summed E-state index contributed by atoms with van der Waals surface area (Å²) in [6.07, 6.45) is 6.28. The minimum atomic E-state index is 0. The van der Waals surface area contributed by atoms with Crippen molar-refractivity contribution in [3.63, 3.8) is 0 Å². The third kappa shape index (κ3) is 7.48. The van der Waals surface area contributed by atoms with Gasteiger partial charge in [0.15, 0.2) is 0 Å². The van der Waals surface area contributed by atoms with Gasteiger partial charge in [0.25, 0.3) is 0 Å². The first kappa shape index (κ1) is 34.8. The van der Waals surface area contributed by atoms with Crippen molar-refractivity contribution in [1.82, 2.24) is 0 Å². The Balaban J connectivity index is 0.00000172. The molecule has 3 rings (SSSR count). The Hall–Kier alpha value is -1.25. The van der Waals surface area contributed by atoms with E-state index in [1.54, 1.807) is 0 Å². The Bertz CT molecular complexity index is 1070. The van der Waals surface area contributed by atoms with Crippen molar-refractivity contribution in [2.24, 2.45) is 11.8 Å². The molecule has 1 aliphatic carbocycles. The van der Waals surface area contributed by atoms with E-state index in [-0.39, 0.29) is 20.6 Å². The first-order chi connectivity index (χ1) is 17.3. The number of aryl methyl sites for hydroxylation is 4. The van der Waals surface area contributed by atoms with Crippen LogP contribution in [0.3, 0.4) is 0 Å². The van der Waals surface area contributed by atoms with Crippen LogP contribution in [0.2, 0.25) is 0 Å². The maximum atomic E-state index is 4.76. The third-order valence-electron chi connectivity index (χ3n) is 8.78. The summed E-state index contributed by atoms with van der Waals surface area (Å²) in [7, 11) is 16.3. The van der Waals surface area contributed by atoms with Crippen molar-refractivity contribution in [2.45, 2.75) is 88.5 Å². The Morgan fingerprint density at radius 2 is 1.11 bits per heavy atom. The van der Waals surface area contributed by atoms with Crippen molar-refractivity contribution in [3.05, 3.63) is 77.5 Å². The summed E-state index contributed by atoms with van der Waals surface area (Å²) < 4.78 is 4.69. The van der Waals surface area contributed by atoms with Gasteiger partial charge in [0.1, 0.15) is 18.4 Å². The van der Waals surface area contributed by atoms with Gasteiger partial charge in [-0.15, -0.1) is 5.92 Å². The molecule has 1 aliphatic rings. The van der Waals surface area contributed by atoms with Crippen LogP contribution in [0.25, 0.3) is 0 Å². The molecule has 2 aromatic carbocycles. The maximum absolute atomic E-state index is 4.76. The molecule has 2 unspecified atom stereocenters. The Morgan fingerprint density at radius 1 is 0.763 bits per heavy atom. The van der Waals surface area contributed by atoms with Crippen LogP contribution in [0.5, 0.6) is 0 Å². The number of halogens is 2. The second kappa shape index (κ2) is 14.9. The van der Waals surface area contributed by atoms with Crippen molar-refractivity contribution in [3.8, 4) is 0 Å². The predicted molar refractivity (Wildman–Crippen MR) is 167 cm³/mol. The van der Waals surface area contributed by atoms with Crippen molar-refractivity contribution in [1.29, 1.82) is 0 Å². The van der Waals surface area contributed by atoms with Gasteiger partial charge in [-0.3, -0.25) is 0 Å². The normalized spacial score (nSPS) is 18.7. The SMILES string of the molecule is [CH2-][N+](=C(C)C1[CH-]C(C(C)=[N+](C)c2c(C)c(C)cc(C)c2C)CCC1)c1c(C)c(C)cc(C)c1C.[CH3-].[Cl][Fe][Cl]. The average Bonchev–Trinajstić information content (AvgIpc) is 2.86. The molecule has 0 radical (unpaired) electrons. The molecular weight excluding hydrogens is 551 g/mol. The zero-order valence-corrected chi connectivity index (χ0v) is 28.3. The summed E-state index contributed by atoms with van der Waals surface area (Å²) in [5, 5.41) is 0. The van der Waals surface area contributed by atoms with E-state index in [4.69, 9.17) is 20.2 Å². The molecule has 0 saturated heterocycles. The van der Waals surface area contributed by atoms with Crippen LogP contribution in [0.15, 0.2) is 12.1 Å². The molecule has 0 aromatic heterocycles. The molecule has 2 aromatic rings. The van der Waals surface area contributed by atoms with E-state index in [0.29, 0.717) is 11.8 Å². The number of nitrogens with zero attached hydrogens (tertiary/aromatic N) is 2. The average molecular weight is 601 g/mol. The molecule has 1 fully saturated rings. The van der Waals surface area contributed by atoms with Gasteiger partial charge in [0, 0.05) is 30.8 Å². The van der Waals surface area contributed by atoms with Crippen LogP contribution in [0.1, 0.15) is 77.6 Å². The monoisotopic (exact) mass is 599 g/mol. The fourth-order valence-electron chi connectivity index (χ4n) is 5.83. The second-order valence-corrected chi connectivity index (χ2v) is 12.7. The quantitative estimate of drug-likeness (QED) is 0.143. The van der Waals surface area contributed by atoms with Gasteiger partial charge in [-0.25, -0.2) is 4.58 Å². The van der Waals surface area contributed by atoms with Crippen LogP contribution in [-0.2, 0) is 13.1 Å². The summed E-state index contributed by atoms with van der Waals surface area (Å²) in [5.41, 5.74) is 16.4. The van der Waals surface area contributed by atoms with Gasteiger partial charge >= 0.3 is 33.3 Å². The predicted octanol–water partition coefficient (Wildman–Crippen LogP) is 9.93. The van der Waals surface area contributed by atoms with E-state index in [9.17, 15) is 0 Å². The van der Waals surface area contributed by atoms with Crippen molar-refractivity contribution < 1.29 is 22.3 Å². The number of hydrogen-bond acceptors (Lipinski definition) is 0. The summed E-state index contributed by atoms with van der Waals surface area (Å²) in [6.45, 7) is 22.5. The van der Waals surface area contributed by atoms with Crippen LogP contribution < -0.4 is 0 Å². The fraction of sp³-hybridized carbons (Fsp3) is 0.485. The van der Waals surface area contributed by atoms with Crippen LogP contribution in [0, 0.1) is 88.1 Å².